The Balaban J connectivity index is 1.87. The van der Waals surface area contributed by atoms with Gasteiger partial charge in [0.05, 0.1) is 21.3 Å². The third-order valence-electron chi connectivity index (χ3n) is 3.98. The molecule has 0 bridgehead atoms. The summed E-state index contributed by atoms with van der Waals surface area (Å²) < 4.78 is 12.0. The van der Waals surface area contributed by atoms with Gasteiger partial charge in [-0.2, -0.15) is 0 Å². The van der Waals surface area contributed by atoms with E-state index in [-0.39, 0.29) is 5.91 Å². The number of nitrogens with one attached hydrogen (secondary N) is 1. The van der Waals surface area contributed by atoms with E-state index in [1.54, 1.807) is 13.2 Å². The summed E-state index contributed by atoms with van der Waals surface area (Å²) in [5.74, 6) is 1.10. The van der Waals surface area contributed by atoms with Crippen molar-refractivity contribution >= 4 is 57.2 Å². The molecule has 0 unspecified atom stereocenters. The van der Waals surface area contributed by atoms with Gasteiger partial charge in [0.1, 0.15) is 6.61 Å². The van der Waals surface area contributed by atoms with Gasteiger partial charge in [-0.3, -0.25) is 4.79 Å². The lowest BCUT2D eigenvalue weighted by Crippen LogP contribution is -2.19. The molecule has 3 rings (SSSR count). The molecule has 1 heterocycles. The predicted molar refractivity (Wildman–Crippen MR) is 128 cm³/mol. The fourth-order valence-electron chi connectivity index (χ4n) is 2.87. The van der Waals surface area contributed by atoms with E-state index in [1.807, 2.05) is 44.2 Å². The lowest BCUT2D eigenvalue weighted by atomic mass is 10.1. The van der Waals surface area contributed by atoms with Crippen LogP contribution in [0.25, 0.3) is 6.08 Å². The maximum atomic E-state index is 12.4. The summed E-state index contributed by atoms with van der Waals surface area (Å²) >= 11 is 3.51. The van der Waals surface area contributed by atoms with Crippen LogP contribution in [0, 0.1) is 17.4 Å². The molecular weight excluding hydrogens is 499 g/mol. The molecule has 0 aromatic heterocycles. The number of benzene rings is 2. The summed E-state index contributed by atoms with van der Waals surface area (Å²) in [5.41, 5.74) is 3.94. The Kier molecular flexibility index (Phi) is 7.02. The Bertz CT molecular complexity index is 1010. The summed E-state index contributed by atoms with van der Waals surface area (Å²) in [6.45, 7) is 8.11. The first-order chi connectivity index (χ1) is 13.9. The van der Waals surface area contributed by atoms with Gasteiger partial charge >= 0.3 is 0 Å². The number of carbonyl (C=O) groups is 1. The summed E-state index contributed by atoms with van der Waals surface area (Å²) in [4.78, 5) is 17.6. The number of ether oxygens (including phenoxy) is 2. The van der Waals surface area contributed by atoms with E-state index in [9.17, 15) is 4.79 Å². The molecule has 2 aromatic rings. The number of hydrogen-bond acceptors (Lipinski definition) is 5. The second-order valence-electron chi connectivity index (χ2n) is 6.46. The average molecular weight is 520 g/mol. The van der Waals surface area contributed by atoms with E-state index >= 15 is 0 Å². The topological polar surface area (TPSA) is 59.9 Å². The maximum Gasteiger partial charge on any atom is 0.264 e. The molecule has 1 fully saturated rings. The van der Waals surface area contributed by atoms with Gasteiger partial charge in [0.25, 0.3) is 5.91 Å². The van der Waals surface area contributed by atoms with E-state index in [0.29, 0.717) is 28.2 Å². The summed E-state index contributed by atoms with van der Waals surface area (Å²) in [6, 6.07) is 9.86. The van der Waals surface area contributed by atoms with Crippen molar-refractivity contribution in [1.82, 2.24) is 5.32 Å². The lowest BCUT2D eigenvalue weighted by molar-refractivity contribution is -0.115. The van der Waals surface area contributed by atoms with Crippen molar-refractivity contribution in [3.63, 3.8) is 0 Å². The largest absolute Gasteiger partial charge is 0.493 e. The minimum absolute atomic E-state index is 0.168. The summed E-state index contributed by atoms with van der Waals surface area (Å²) in [7, 11) is 1.59. The smallest absolute Gasteiger partial charge is 0.264 e. The number of thioether (sulfide) groups is 1. The Morgan fingerprint density at radius 1 is 1.21 bits per heavy atom. The van der Waals surface area contributed by atoms with Gasteiger partial charge in [-0.05, 0) is 95.2 Å². The molecule has 150 valence electrons. The molecule has 0 radical (unpaired) electrons. The van der Waals surface area contributed by atoms with Gasteiger partial charge in [-0.25, -0.2) is 4.99 Å². The van der Waals surface area contributed by atoms with Crippen LogP contribution in [0.5, 0.6) is 11.5 Å². The molecule has 5 nitrogen and oxygen atoms in total. The second-order valence-corrected chi connectivity index (χ2v) is 8.65. The Morgan fingerprint density at radius 3 is 2.59 bits per heavy atom. The van der Waals surface area contributed by atoms with Crippen molar-refractivity contribution in [3.8, 4) is 11.5 Å². The molecule has 1 saturated heterocycles. The standard InChI is InChI=1S/C22H21IN2O3S/c1-5-6-28-20-17(23)10-15(11-18(20)27-4)12-19-21(26)25-22(29-19)24-16-8-13(2)7-14(3)9-16/h5,7-12H,1,6H2,2-4H3,(H,24,25,26). The molecule has 7 heteroatoms. The van der Waals surface area contributed by atoms with Gasteiger partial charge in [0, 0.05) is 0 Å². The molecular formula is C22H21IN2O3S. The number of hydrogen-bond donors (Lipinski definition) is 1. The van der Waals surface area contributed by atoms with E-state index in [0.717, 1.165) is 25.9 Å². The van der Waals surface area contributed by atoms with E-state index in [1.165, 1.54) is 11.8 Å². The third-order valence-corrected chi connectivity index (χ3v) is 5.69. The number of methoxy groups -OCH3 is 1. The van der Waals surface area contributed by atoms with Crippen molar-refractivity contribution in [3.05, 3.63) is 68.2 Å². The molecule has 0 saturated carbocycles. The average Bonchev–Trinajstić information content (AvgIpc) is 2.98. The van der Waals surface area contributed by atoms with E-state index in [4.69, 9.17) is 9.47 Å². The Labute approximate surface area is 188 Å². The number of amidine groups is 1. The van der Waals surface area contributed by atoms with E-state index in [2.05, 4.69) is 45.5 Å². The molecule has 0 spiro atoms. The molecule has 0 atom stereocenters. The van der Waals surface area contributed by atoms with Crippen LogP contribution in [0.15, 0.2) is 52.9 Å². The lowest BCUT2D eigenvalue weighted by Gasteiger charge is -2.12. The van der Waals surface area contributed by atoms with Crippen LogP contribution in [-0.2, 0) is 4.79 Å². The zero-order valence-electron chi connectivity index (χ0n) is 16.4. The first-order valence-corrected chi connectivity index (χ1v) is 10.8. The fourth-order valence-corrected chi connectivity index (χ4v) is 4.49. The summed E-state index contributed by atoms with van der Waals surface area (Å²) in [5, 5.41) is 3.40. The second kappa shape index (κ2) is 9.49. The van der Waals surface area contributed by atoms with Crippen LogP contribution in [0.2, 0.25) is 0 Å². The highest BCUT2D eigenvalue weighted by atomic mass is 127. The Morgan fingerprint density at radius 2 is 1.93 bits per heavy atom. The third kappa shape index (κ3) is 5.42. The molecule has 29 heavy (non-hydrogen) atoms. The number of nitrogens with zero attached hydrogens (tertiary/aromatic N) is 1. The minimum atomic E-state index is -0.168. The first-order valence-electron chi connectivity index (χ1n) is 8.88. The number of aryl methyl sites for hydroxylation is 2. The van der Waals surface area contributed by atoms with Crippen LogP contribution >= 0.6 is 34.4 Å². The van der Waals surface area contributed by atoms with Gasteiger partial charge in [-0.1, -0.05) is 18.7 Å². The van der Waals surface area contributed by atoms with Crippen LogP contribution < -0.4 is 14.8 Å². The molecule has 1 aliphatic rings. The highest BCUT2D eigenvalue weighted by Crippen LogP contribution is 2.36. The summed E-state index contributed by atoms with van der Waals surface area (Å²) in [6.07, 6.45) is 3.51. The highest BCUT2D eigenvalue weighted by molar-refractivity contribution is 14.1. The SMILES string of the molecule is C=CCOc1c(I)cc(C=C2SC(=Nc3cc(C)cc(C)c3)NC2=O)cc1OC. The first kappa shape index (κ1) is 21.4. The quantitative estimate of drug-likeness (QED) is 0.316. The maximum absolute atomic E-state index is 12.4. The van der Waals surface area contributed by atoms with Gasteiger partial charge in [0.2, 0.25) is 0 Å². The zero-order chi connectivity index (χ0) is 21.0. The van der Waals surface area contributed by atoms with Crippen molar-refractivity contribution in [2.45, 2.75) is 13.8 Å². The monoisotopic (exact) mass is 520 g/mol. The predicted octanol–water partition coefficient (Wildman–Crippen LogP) is 5.37. The van der Waals surface area contributed by atoms with Crippen molar-refractivity contribution in [1.29, 1.82) is 0 Å². The van der Waals surface area contributed by atoms with Crippen LogP contribution in [0.3, 0.4) is 0 Å². The normalized spacial score (nSPS) is 16.2. The van der Waals surface area contributed by atoms with Gasteiger partial charge in [-0.15, -0.1) is 0 Å². The number of halogens is 1. The van der Waals surface area contributed by atoms with Crippen molar-refractivity contribution in [2.75, 3.05) is 13.7 Å². The number of aliphatic imine (C=N–C) groups is 1. The molecule has 0 aliphatic carbocycles. The highest BCUT2D eigenvalue weighted by Gasteiger charge is 2.24. The molecule has 2 aromatic carbocycles. The van der Waals surface area contributed by atoms with Crippen LogP contribution in [0.4, 0.5) is 5.69 Å². The zero-order valence-corrected chi connectivity index (χ0v) is 19.4. The van der Waals surface area contributed by atoms with Gasteiger partial charge < -0.3 is 14.8 Å². The van der Waals surface area contributed by atoms with Crippen LogP contribution in [0.1, 0.15) is 16.7 Å². The number of rotatable bonds is 6. The molecule has 1 aliphatic heterocycles. The Hall–Kier alpha value is -2.26. The van der Waals surface area contributed by atoms with Gasteiger partial charge in [0.15, 0.2) is 16.7 Å². The van der Waals surface area contributed by atoms with Crippen molar-refractivity contribution < 1.29 is 14.3 Å². The van der Waals surface area contributed by atoms with Crippen molar-refractivity contribution in [2.24, 2.45) is 4.99 Å². The van der Waals surface area contributed by atoms with Crippen LogP contribution in [-0.4, -0.2) is 24.8 Å². The molecule has 1 amide bonds. The number of carbonyl (C=O) groups excluding carboxylic acids is 1. The van der Waals surface area contributed by atoms with E-state index < -0.39 is 0 Å². The molecule has 1 N–H and O–H groups in total. The number of amides is 1. The fraction of sp³-hybridized carbons (Fsp3) is 0.182. The minimum Gasteiger partial charge on any atom is -0.493 e.